The molecule has 0 aliphatic rings. The van der Waals surface area contributed by atoms with Gasteiger partial charge in [0.05, 0.1) is 17.0 Å². The fourth-order valence-corrected chi connectivity index (χ4v) is 2.52. The molecule has 24 heavy (non-hydrogen) atoms. The maximum atomic E-state index is 13.9. The third-order valence-electron chi connectivity index (χ3n) is 3.65. The Kier molecular flexibility index (Phi) is 3.16. The van der Waals surface area contributed by atoms with Gasteiger partial charge in [0.15, 0.2) is 17.2 Å². The van der Waals surface area contributed by atoms with Crippen LogP contribution in [0.3, 0.4) is 0 Å². The second kappa shape index (κ2) is 5.34. The molecule has 2 aromatic heterocycles. The van der Waals surface area contributed by atoms with E-state index in [9.17, 15) is 14.0 Å². The van der Waals surface area contributed by atoms with Gasteiger partial charge < -0.3 is 14.2 Å². The number of benzene rings is 2. The average Bonchev–Trinajstić information content (AvgIpc) is 3.11. The molecule has 0 fully saturated rings. The number of nitrogens with one attached hydrogen (secondary N) is 1. The SMILES string of the molecule is O=C(Nc1ccc2c(=O)c3cccc(F)c3oc2c1)c1ccco1. The minimum atomic E-state index is -0.614. The largest absolute Gasteiger partial charge is 0.459 e. The highest BCUT2D eigenvalue weighted by Crippen LogP contribution is 2.23. The number of anilines is 1. The van der Waals surface area contributed by atoms with Gasteiger partial charge in [0, 0.05) is 11.8 Å². The van der Waals surface area contributed by atoms with Crippen LogP contribution in [0.2, 0.25) is 0 Å². The Bertz CT molecular complexity index is 1130. The molecule has 0 atom stereocenters. The first-order valence-corrected chi connectivity index (χ1v) is 7.13. The van der Waals surface area contributed by atoms with Crippen LogP contribution in [0.4, 0.5) is 10.1 Å². The van der Waals surface area contributed by atoms with Crippen molar-refractivity contribution in [1.82, 2.24) is 0 Å². The average molecular weight is 323 g/mol. The molecule has 0 spiro atoms. The first-order chi connectivity index (χ1) is 11.6. The van der Waals surface area contributed by atoms with Gasteiger partial charge in [-0.1, -0.05) is 6.07 Å². The molecule has 0 bridgehead atoms. The number of halogens is 1. The zero-order valence-corrected chi connectivity index (χ0v) is 12.2. The predicted octanol–water partition coefficient (Wildman–Crippen LogP) is 3.93. The lowest BCUT2D eigenvalue weighted by Gasteiger charge is -2.06. The standard InChI is InChI=1S/C18H10FNO4/c19-13-4-1-3-12-16(21)11-7-6-10(9-15(11)24-17(12)13)20-18(22)14-5-2-8-23-14/h1-9H,(H,20,22). The molecule has 1 N–H and O–H groups in total. The van der Waals surface area contributed by atoms with Crippen molar-refractivity contribution in [3.8, 4) is 0 Å². The van der Waals surface area contributed by atoms with Crippen molar-refractivity contribution in [2.75, 3.05) is 5.32 Å². The highest BCUT2D eigenvalue weighted by molar-refractivity contribution is 6.03. The number of hydrogen-bond acceptors (Lipinski definition) is 4. The van der Waals surface area contributed by atoms with E-state index in [2.05, 4.69) is 5.32 Å². The van der Waals surface area contributed by atoms with Crippen LogP contribution in [0.5, 0.6) is 0 Å². The van der Waals surface area contributed by atoms with E-state index in [1.54, 1.807) is 12.1 Å². The van der Waals surface area contributed by atoms with E-state index in [4.69, 9.17) is 8.83 Å². The second-order valence-corrected chi connectivity index (χ2v) is 5.19. The van der Waals surface area contributed by atoms with Crippen LogP contribution in [0.15, 0.2) is 68.4 Å². The topological polar surface area (TPSA) is 72.5 Å². The fourth-order valence-electron chi connectivity index (χ4n) is 2.52. The minimum Gasteiger partial charge on any atom is -0.459 e. The maximum absolute atomic E-state index is 13.9. The van der Waals surface area contributed by atoms with E-state index in [0.29, 0.717) is 11.1 Å². The van der Waals surface area contributed by atoms with Crippen molar-refractivity contribution in [3.05, 3.63) is 76.6 Å². The Morgan fingerprint density at radius 3 is 2.71 bits per heavy atom. The van der Waals surface area contributed by atoms with Gasteiger partial charge in [0.25, 0.3) is 5.91 Å². The molecule has 0 saturated carbocycles. The van der Waals surface area contributed by atoms with Crippen molar-refractivity contribution in [2.24, 2.45) is 0 Å². The zero-order valence-electron chi connectivity index (χ0n) is 12.2. The molecule has 2 heterocycles. The quantitative estimate of drug-likeness (QED) is 0.567. The minimum absolute atomic E-state index is 0.107. The number of rotatable bonds is 2. The second-order valence-electron chi connectivity index (χ2n) is 5.19. The smallest absolute Gasteiger partial charge is 0.291 e. The van der Waals surface area contributed by atoms with Crippen LogP contribution in [-0.2, 0) is 0 Å². The van der Waals surface area contributed by atoms with E-state index in [-0.39, 0.29) is 27.7 Å². The van der Waals surface area contributed by atoms with E-state index in [1.165, 1.54) is 42.7 Å². The van der Waals surface area contributed by atoms with Gasteiger partial charge >= 0.3 is 0 Å². The molecular weight excluding hydrogens is 313 g/mol. The number of hydrogen-bond donors (Lipinski definition) is 1. The van der Waals surface area contributed by atoms with E-state index in [0.717, 1.165) is 0 Å². The highest BCUT2D eigenvalue weighted by atomic mass is 19.1. The van der Waals surface area contributed by atoms with Crippen molar-refractivity contribution in [3.63, 3.8) is 0 Å². The summed E-state index contributed by atoms with van der Waals surface area (Å²) < 4.78 is 24.4. The normalized spacial score (nSPS) is 11.0. The van der Waals surface area contributed by atoms with Crippen molar-refractivity contribution < 1.29 is 18.0 Å². The third-order valence-corrected chi connectivity index (χ3v) is 3.65. The number of carbonyl (C=O) groups excluding carboxylic acids is 1. The third kappa shape index (κ3) is 2.25. The number of carbonyl (C=O) groups is 1. The van der Waals surface area contributed by atoms with Crippen molar-refractivity contribution in [2.45, 2.75) is 0 Å². The molecule has 1 amide bonds. The van der Waals surface area contributed by atoms with Gasteiger partial charge in [0.1, 0.15) is 5.58 Å². The van der Waals surface area contributed by atoms with Crippen LogP contribution in [0.25, 0.3) is 21.9 Å². The number of fused-ring (bicyclic) bond motifs is 2. The Morgan fingerprint density at radius 2 is 1.92 bits per heavy atom. The number of amides is 1. The van der Waals surface area contributed by atoms with Crippen molar-refractivity contribution in [1.29, 1.82) is 0 Å². The molecule has 0 radical (unpaired) electrons. The summed E-state index contributed by atoms with van der Waals surface area (Å²) in [7, 11) is 0. The summed E-state index contributed by atoms with van der Waals surface area (Å²) in [6, 6.07) is 11.9. The van der Waals surface area contributed by atoms with Gasteiger partial charge in [-0.15, -0.1) is 0 Å². The molecule has 0 aliphatic carbocycles. The molecule has 5 nitrogen and oxygen atoms in total. The molecule has 4 rings (SSSR count). The van der Waals surface area contributed by atoms with Gasteiger partial charge in [-0.2, -0.15) is 0 Å². The van der Waals surface area contributed by atoms with Crippen LogP contribution in [-0.4, -0.2) is 5.91 Å². The Labute approximate surface area is 134 Å². The number of furan rings is 1. The Morgan fingerprint density at radius 1 is 1.04 bits per heavy atom. The van der Waals surface area contributed by atoms with E-state index < -0.39 is 11.7 Å². The molecule has 6 heteroatoms. The van der Waals surface area contributed by atoms with Crippen LogP contribution < -0.4 is 10.7 Å². The summed E-state index contributed by atoms with van der Waals surface area (Å²) in [4.78, 5) is 24.4. The van der Waals surface area contributed by atoms with Gasteiger partial charge in [-0.05, 0) is 36.4 Å². The lowest BCUT2D eigenvalue weighted by molar-refractivity contribution is 0.0996. The lowest BCUT2D eigenvalue weighted by Crippen LogP contribution is -2.11. The lowest BCUT2D eigenvalue weighted by atomic mass is 10.1. The maximum Gasteiger partial charge on any atom is 0.291 e. The summed E-state index contributed by atoms with van der Waals surface area (Å²) in [5.74, 6) is -0.897. The highest BCUT2D eigenvalue weighted by Gasteiger charge is 2.13. The molecule has 0 saturated heterocycles. The van der Waals surface area contributed by atoms with Crippen molar-refractivity contribution >= 4 is 33.5 Å². The van der Waals surface area contributed by atoms with Gasteiger partial charge in [-0.25, -0.2) is 4.39 Å². The Balaban J connectivity index is 1.83. The molecule has 2 aromatic carbocycles. The summed E-state index contributed by atoms with van der Waals surface area (Å²) in [5, 5.41) is 3.12. The predicted molar refractivity (Wildman–Crippen MR) is 86.6 cm³/mol. The first kappa shape index (κ1) is 14.2. The fraction of sp³-hybridized carbons (Fsp3) is 0. The molecular formula is C18H10FNO4. The zero-order chi connectivity index (χ0) is 16.7. The number of para-hydroxylation sites is 1. The van der Waals surface area contributed by atoms with E-state index >= 15 is 0 Å². The summed E-state index contributed by atoms with van der Waals surface area (Å²) in [6.45, 7) is 0. The first-order valence-electron chi connectivity index (χ1n) is 7.13. The van der Waals surface area contributed by atoms with Gasteiger partial charge in [-0.3, -0.25) is 9.59 Å². The van der Waals surface area contributed by atoms with Crippen LogP contribution in [0.1, 0.15) is 10.6 Å². The van der Waals surface area contributed by atoms with Crippen LogP contribution >= 0.6 is 0 Å². The summed E-state index contributed by atoms with van der Waals surface area (Å²) in [5.41, 5.74) is 0.164. The molecule has 0 unspecified atom stereocenters. The summed E-state index contributed by atoms with van der Waals surface area (Å²) in [6.07, 6.45) is 1.39. The van der Waals surface area contributed by atoms with Gasteiger partial charge in [0.2, 0.25) is 5.43 Å². The monoisotopic (exact) mass is 323 g/mol. The summed E-state index contributed by atoms with van der Waals surface area (Å²) >= 11 is 0. The van der Waals surface area contributed by atoms with Crippen LogP contribution in [0, 0.1) is 5.82 Å². The molecule has 0 aliphatic heterocycles. The Hall–Kier alpha value is -3.41. The molecule has 118 valence electrons. The van der Waals surface area contributed by atoms with E-state index in [1.807, 2.05) is 0 Å². The molecule has 4 aromatic rings.